The molecule has 1 aromatic rings. The smallest absolute Gasteiger partial charge is 0.142 e. The zero-order chi connectivity index (χ0) is 8.43. The van der Waals surface area contributed by atoms with Crippen LogP contribution in [0.15, 0.2) is 12.1 Å². The number of hydrogen-bond acceptors (Lipinski definition) is 1. The maximum Gasteiger partial charge on any atom is 0.142 e. The molecule has 0 aromatic heterocycles. The van der Waals surface area contributed by atoms with Crippen LogP contribution in [0.3, 0.4) is 0 Å². The molecule has 0 amide bonds. The van der Waals surface area contributed by atoms with Crippen LogP contribution >= 0.6 is 23.2 Å². The molecule has 0 aliphatic carbocycles. The van der Waals surface area contributed by atoms with E-state index >= 15 is 0 Å². The molecule has 4 heteroatoms. The van der Waals surface area contributed by atoms with Gasteiger partial charge in [0.25, 0.3) is 0 Å². The second-order valence-corrected chi connectivity index (χ2v) is 2.62. The Morgan fingerprint density at radius 3 is 2.45 bits per heavy atom. The standard InChI is InChI=1S/C7H2Cl2FN/c8-5-1-2-6(10)4(3-11)7(5)9/h1-2H. The third kappa shape index (κ3) is 1.45. The summed E-state index contributed by atoms with van der Waals surface area (Å²) in [5.74, 6) is -0.651. The third-order valence-corrected chi connectivity index (χ3v) is 1.96. The first-order chi connectivity index (χ1) is 5.16. The highest BCUT2D eigenvalue weighted by molar-refractivity contribution is 6.42. The maximum absolute atomic E-state index is 12.7. The summed E-state index contributed by atoms with van der Waals surface area (Å²) in [4.78, 5) is 0. The molecule has 1 aromatic carbocycles. The molecule has 1 rings (SSSR count). The first kappa shape index (κ1) is 8.32. The van der Waals surface area contributed by atoms with E-state index in [9.17, 15) is 4.39 Å². The monoisotopic (exact) mass is 189 g/mol. The number of benzene rings is 1. The van der Waals surface area contributed by atoms with Gasteiger partial charge in [-0.05, 0) is 12.1 Å². The topological polar surface area (TPSA) is 23.8 Å². The van der Waals surface area contributed by atoms with Crippen molar-refractivity contribution in [2.45, 2.75) is 0 Å². The van der Waals surface area contributed by atoms with E-state index in [2.05, 4.69) is 0 Å². The molecule has 0 saturated carbocycles. The average molecular weight is 190 g/mol. The summed E-state index contributed by atoms with van der Waals surface area (Å²) in [6, 6.07) is 4.02. The van der Waals surface area contributed by atoms with Crippen molar-refractivity contribution < 1.29 is 4.39 Å². The van der Waals surface area contributed by atoms with Crippen molar-refractivity contribution in [3.63, 3.8) is 0 Å². The lowest BCUT2D eigenvalue weighted by atomic mass is 10.2. The Labute approximate surface area is 73.0 Å². The fraction of sp³-hybridized carbons (Fsp3) is 0. The highest BCUT2D eigenvalue weighted by Crippen LogP contribution is 2.26. The fourth-order valence-corrected chi connectivity index (χ4v) is 0.983. The van der Waals surface area contributed by atoms with Crippen LogP contribution in [0.1, 0.15) is 5.56 Å². The van der Waals surface area contributed by atoms with Crippen molar-refractivity contribution in [1.29, 1.82) is 5.26 Å². The van der Waals surface area contributed by atoms with Gasteiger partial charge in [0.2, 0.25) is 0 Å². The molecule has 0 spiro atoms. The zero-order valence-electron chi connectivity index (χ0n) is 5.24. The predicted octanol–water partition coefficient (Wildman–Crippen LogP) is 3.00. The summed E-state index contributed by atoms with van der Waals surface area (Å²) < 4.78 is 12.7. The maximum atomic E-state index is 12.7. The van der Waals surface area contributed by atoms with Gasteiger partial charge in [0, 0.05) is 0 Å². The molecule has 0 atom stereocenters. The summed E-state index contributed by atoms with van der Waals surface area (Å²) in [5, 5.41) is 8.54. The molecular formula is C7H2Cl2FN. The second kappa shape index (κ2) is 3.08. The predicted molar refractivity (Wildman–Crippen MR) is 41.1 cm³/mol. The van der Waals surface area contributed by atoms with Crippen molar-refractivity contribution in [3.05, 3.63) is 33.6 Å². The minimum Gasteiger partial charge on any atom is -0.205 e. The van der Waals surface area contributed by atoms with Gasteiger partial charge in [-0.25, -0.2) is 4.39 Å². The van der Waals surface area contributed by atoms with Crippen LogP contribution in [0.2, 0.25) is 10.0 Å². The van der Waals surface area contributed by atoms with Crippen LogP contribution in [0.4, 0.5) is 4.39 Å². The normalized spacial score (nSPS) is 9.27. The van der Waals surface area contributed by atoms with Crippen molar-refractivity contribution >= 4 is 23.2 Å². The van der Waals surface area contributed by atoms with Gasteiger partial charge in [0.1, 0.15) is 17.4 Å². The van der Waals surface area contributed by atoms with Gasteiger partial charge < -0.3 is 0 Å². The van der Waals surface area contributed by atoms with Crippen LogP contribution in [-0.2, 0) is 0 Å². The van der Waals surface area contributed by atoms with Gasteiger partial charge in [-0.1, -0.05) is 23.2 Å². The highest BCUT2D eigenvalue weighted by atomic mass is 35.5. The molecule has 0 radical (unpaired) electrons. The molecule has 0 unspecified atom stereocenters. The summed E-state index contributed by atoms with van der Waals surface area (Å²) in [6.07, 6.45) is 0. The number of halogens is 3. The average Bonchev–Trinajstić information content (AvgIpc) is 1.99. The van der Waals surface area contributed by atoms with E-state index in [1.807, 2.05) is 0 Å². The Morgan fingerprint density at radius 2 is 2.00 bits per heavy atom. The van der Waals surface area contributed by atoms with Crippen LogP contribution in [0, 0.1) is 17.1 Å². The van der Waals surface area contributed by atoms with E-state index in [4.69, 9.17) is 28.5 Å². The van der Waals surface area contributed by atoms with Gasteiger partial charge in [-0.15, -0.1) is 0 Å². The van der Waals surface area contributed by atoms with E-state index in [0.717, 1.165) is 6.07 Å². The Bertz CT molecular complexity index is 330. The summed E-state index contributed by atoms with van der Waals surface area (Å²) in [7, 11) is 0. The highest BCUT2D eigenvalue weighted by Gasteiger charge is 2.08. The molecule has 0 aliphatic heterocycles. The molecule has 0 aliphatic rings. The first-order valence-electron chi connectivity index (χ1n) is 2.70. The lowest BCUT2D eigenvalue weighted by Gasteiger charge is -1.97. The molecule has 1 nitrogen and oxygen atoms in total. The van der Waals surface area contributed by atoms with Crippen LogP contribution in [0.25, 0.3) is 0 Å². The van der Waals surface area contributed by atoms with E-state index < -0.39 is 5.82 Å². The SMILES string of the molecule is N#Cc1c(F)ccc(Cl)c1Cl. The largest absolute Gasteiger partial charge is 0.205 e. The summed E-state index contributed by atoms with van der Waals surface area (Å²) in [6.45, 7) is 0. The molecule has 0 heterocycles. The fourth-order valence-electron chi connectivity index (χ4n) is 0.630. The number of rotatable bonds is 0. The Morgan fingerprint density at radius 1 is 1.36 bits per heavy atom. The summed E-state index contributed by atoms with van der Waals surface area (Å²) >= 11 is 11.0. The van der Waals surface area contributed by atoms with E-state index in [1.165, 1.54) is 6.07 Å². The lowest BCUT2D eigenvalue weighted by Crippen LogP contribution is -1.84. The molecule has 0 N–H and O–H groups in total. The van der Waals surface area contributed by atoms with Crippen molar-refractivity contribution in [3.8, 4) is 6.07 Å². The van der Waals surface area contributed by atoms with Gasteiger partial charge in [-0.2, -0.15) is 5.26 Å². The molecule has 56 valence electrons. The van der Waals surface area contributed by atoms with Crippen molar-refractivity contribution in [1.82, 2.24) is 0 Å². The van der Waals surface area contributed by atoms with E-state index in [-0.39, 0.29) is 15.6 Å². The molecule has 0 bridgehead atoms. The van der Waals surface area contributed by atoms with Crippen LogP contribution < -0.4 is 0 Å². The zero-order valence-corrected chi connectivity index (χ0v) is 6.75. The Kier molecular flexibility index (Phi) is 2.33. The van der Waals surface area contributed by atoms with Crippen LogP contribution in [0.5, 0.6) is 0 Å². The van der Waals surface area contributed by atoms with Gasteiger partial charge in [0.15, 0.2) is 0 Å². The minimum atomic E-state index is -0.651. The number of hydrogen-bond donors (Lipinski definition) is 0. The van der Waals surface area contributed by atoms with Crippen molar-refractivity contribution in [2.24, 2.45) is 0 Å². The Hall–Kier alpha value is -0.780. The number of nitrogens with zero attached hydrogens (tertiary/aromatic N) is 1. The van der Waals surface area contributed by atoms with Gasteiger partial charge >= 0.3 is 0 Å². The molecule has 0 saturated heterocycles. The van der Waals surface area contributed by atoms with E-state index in [1.54, 1.807) is 6.07 Å². The molecule has 0 fully saturated rings. The van der Waals surface area contributed by atoms with E-state index in [0.29, 0.717) is 0 Å². The Balaban J connectivity index is 3.44. The minimum absolute atomic E-state index is 0.0332. The third-order valence-electron chi connectivity index (χ3n) is 1.16. The van der Waals surface area contributed by atoms with Gasteiger partial charge in [0.05, 0.1) is 10.0 Å². The lowest BCUT2D eigenvalue weighted by molar-refractivity contribution is 0.624. The first-order valence-corrected chi connectivity index (χ1v) is 3.46. The molecular weight excluding hydrogens is 188 g/mol. The quantitative estimate of drug-likeness (QED) is 0.576. The molecule has 11 heavy (non-hydrogen) atoms. The second-order valence-electron chi connectivity index (χ2n) is 1.83. The van der Waals surface area contributed by atoms with Crippen LogP contribution in [-0.4, -0.2) is 0 Å². The van der Waals surface area contributed by atoms with Gasteiger partial charge in [-0.3, -0.25) is 0 Å². The number of nitriles is 1. The summed E-state index contributed by atoms with van der Waals surface area (Å²) in [5.41, 5.74) is -0.209. The van der Waals surface area contributed by atoms with Crippen molar-refractivity contribution in [2.75, 3.05) is 0 Å².